The smallest absolute Gasteiger partial charge is 0.336 e. The van der Waals surface area contributed by atoms with Crippen LogP contribution >= 0.6 is 12.4 Å². The van der Waals surface area contributed by atoms with Crippen LogP contribution in [0.3, 0.4) is 0 Å². The number of carbonyl (C=O) groups excluding carboxylic acids is 4. The highest BCUT2D eigenvalue weighted by Crippen LogP contribution is 2.21. The van der Waals surface area contributed by atoms with Crippen molar-refractivity contribution in [1.29, 1.82) is 0 Å². The number of benzene rings is 3. The molecular weight excluding hydrogens is 674 g/mol. The number of nitrogens with two attached hydrogens (primary N) is 2. The van der Waals surface area contributed by atoms with E-state index in [0.29, 0.717) is 28.6 Å². The monoisotopic (exact) mass is 717 g/mol. The molecule has 51 heavy (non-hydrogen) atoms. The third-order valence-corrected chi connectivity index (χ3v) is 7.98. The van der Waals surface area contributed by atoms with Crippen LogP contribution in [0.25, 0.3) is 11.0 Å². The molecule has 0 bridgehead atoms. The Morgan fingerprint density at radius 3 is 2.12 bits per heavy atom. The predicted octanol–water partition coefficient (Wildman–Crippen LogP) is 3.18. The van der Waals surface area contributed by atoms with Crippen LogP contribution in [0.15, 0.2) is 99.1 Å². The summed E-state index contributed by atoms with van der Waals surface area (Å²) in [5, 5.41) is 11.9. The summed E-state index contributed by atoms with van der Waals surface area (Å²) in [6.07, 6.45) is 0.697. The number of rotatable bonds is 15. The second-order valence-corrected chi connectivity index (χ2v) is 12.3. The van der Waals surface area contributed by atoms with E-state index in [-0.39, 0.29) is 37.8 Å². The number of fused-ring (bicyclic) bond motifs is 1. The average molecular weight is 718 g/mol. The minimum absolute atomic E-state index is 0. The lowest BCUT2D eigenvalue weighted by atomic mass is 10.00. The van der Waals surface area contributed by atoms with Gasteiger partial charge in [-0.15, -0.1) is 12.4 Å². The Hall–Kier alpha value is -5.69. The summed E-state index contributed by atoms with van der Waals surface area (Å²) in [5.74, 6) is -2.62. The first-order valence-electron chi connectivity index (χ1n) is 16.3. The van der Waals surface area contributed by atoms with Gasteiger partial charge in [-0.25, -0.2) is 4.79 Å². The van der Waals surface area contributed by atoms with Gasteiger partial charge in [0.05, 0.1) is 0 Å². The molecule has 3 aromatic carbocycles. The van der Waals surface area contributed by atoms with E-state index in [1.807, 2.05) is 30.3 Å². The second kappa shape index (κ2) is 18.9. The van der Waals surface area contributed by atoms with E-state index in [1.54, 1.807) is 63.2 Å². The van der Waals surface area contributed by atoms with Gasteiger partial charge in [0.15, 0.2) is 5.96 Å². The van der Waals surface area contributed by atoms with E-state index in [1.165, 1.54) is 12.1 Å². The first kappa shape index (κ1) is 39.7. The summed E-state index contributed by atoms with van der Waals surface area (Å²) in [6.45, 7) is 5.52. The van der Waals surface area contributed by atoms with Crippen molar-refractivity contribution < 1.29 is 23.6 Å². The predicted molar refractivity (Wildman–Crippen MR) is 200 cm³/mol. The number of anilines is 1. The minimum Gasteiger partial charge on any atom is -0.423 e. The molecular formula is C37H44ClN7O6. The number of guanidine groups is 1. The molecule has 0 saturated carbocycles. The number of hydrogen-bond donors (Lipinski definition) is 6. The zero-order chi connectivity index (χ0) is 36.2. The maximum absolute atomic E-state index is 13.8. The van der Waals surface area contributed by atoms with Gasteiger partial charge in [-0.05, 0) is 61.1 Å². The maximum atomic E-state index is 13.8. The molecule has 4 aromatic rings. The number of aryl methyl sites for hydroxylation is 1. The lowest BCUT2D eigenvalue weighted by Gasteiger charge is -2.27. The number of nitrogens with zero attached hydrogens (tertiary/aromatic N) is 1. The van der Waals surface area contributed by atoms with Crippen molar-refractivity contribution in [3.8, 4) is 0 Å². The maximum Gasteiger partial charge on any atom is 0.336 e. The van der Waals surface area contributed by atoms with Crippen LogP contribution in [0.1, 0.15) is 48.2 Å². The molecule has 270 valence electrons. The molecule has 4 rings (SSSR count). The first-order chi connectivity index (χ1) is 23.9. The van der Waals surface area contributed by atoms with Crippen molar-refractivity contribution in [3.63, 3.8) is 0 Å². The van der Waals surface area contributed by atoms with Crippen molar-refractivity contribution in [2.24, 2.45) is 22.4 Å². The number of aliphatic imine (C=N–C) groups is 1. The van der Waals surface area contributed by atoms with Gasteiger partial charge in [0, 0.05) is 41.7 Å². The Kier molecular flexibility index (Phi) is 14.7. The van der Waals surface area contributed by atoms with Crippen molar-refractivity contribution in [3.05, 3.63) is 112 Å². The number of carbonyl (C=O) groups is 4. The second-order valence-electron chi connectivity index (χ2n) is 12.3. The zero-order valence-electron chi connectivity index (χ0n) is 28.7. The SMILES string of the molecule is Cc1cc(=O)oc2cc(NC(=O)[C@H](CCCN=C(N)N)NC(=O)[C@@H](NC(=O)[C@H](Cc3ccccc3)NC(=O)c3ccccc3)C(C)C)ccc12.Cl. The van der Waals surface area contributed by atoms with E-state index in [9.17, 15) is 24.0 Å². The topological polar surface area (TPSA) is 211 Å². The Morgan fingerprint density at radius 2 is 1.47 bits per heavy atom. The van der Waals surface area contributed by atoms with E-state index in [4.69, 9.17) is 15.9 Å². The Bertz CT molecular complexity index is 1900. The lowest BCUT2D eigenvalue weighted by molar-refractivity contribution is -0.132. The molecule has 0 aliphatic heterocycles. The highest BCUT2D eigenvalue weighted by atomic mass is 35.5. The number of nitrogens with one attached hydrogen (secondary N) is 4. The van der Waals surface area contributed by atoms with Crippen molar-refractivity contribution in [2.45, 2.75) is 58.2 Å². The standard InChI is InChI=1S/C37H43N7O6.ClH/c1-22(2)32(44-35(48)29(20-24-11-6-4-7-12-24)43-33(46)25-13-8-5-9-14-25)36(49)42-28(15-10-18-40-37(38)39)34(47)41-26-16-17-27-23(3)19-31(45)50-30(27)21-26;/h4-9,11-14,16-17,19,21-22,28-29,32H,10,15,18,20H2,1-3H3,(H,41,47)(H,42,49)(H,43,46)(H,44,48)(H4,38,39,40);1H/t28-,29-,32-;/m0./s1. The third kappa shape index (κ3) is 11.7. The summed E-state index contributed by atoms with van der Waals surface area (Å²) in [7, 11) is 0. The van der Waals surface area contributed by atoms with Gasteiger partial charge in [-0.1, -0.05) is 62.4 Å². The van der Waals surface area contributed by atoms with Crippen LogP contribution in [-0.4, -0.2) is 54.3 Å². The highest BCUT2D eigenvalue weighted by molar-refractivity contribution is 6.01. The normalized spacial score (nSPS) is 12.5. The summed E-state index contributed by atoms with van der Waals surface area (Å²) in [6, 6.07) is 20.9. The molecule has 0 aliphatic rings. The largest absolute Gasteiger partial charge is 0.423 e. The number of halogens is 1. The average Bonchev–Trinajstić information content (AvgIpc) is 3.08. The molecule has 0 saturated heterocycles. The van der Waals surface area contributed by atoms with E-state index >= 15 is 0 Å². The lowest BCUT2D eigenvalue weighted by Crippen LogP contribution is -2.58. The molecule has 0 fully saturated rings. The minimum atomic E-state index is -1.06. The van der Waals surface area contributed by atoms with Crippen molar-refractivity contribution >= 4 is 58.7 Å². The van der Waals surface area contributed by atoms with Gasteiger partial charge in [0.1, 0.15) is 23.7 Å². The summed E-state index contributed by atoms with van der Waals surface area (Å²) in [5.41, 5.74) is 13.0. The van der Waals surface area contributed by atoms with Gasteiger partial charge in [0.25, 0.3) is 5.91 Å². The summed E-state index contributed by atoms with van der Waals surface area (Å²) >= 11 is 0. The van der Waals surface area contributed by atoms with Gasteiger partial charge in [0.2, 0.25) is 17.7 Å². The van der Waals surface area contributed by atoms with Crippen LogP contribution in [-0.2, 0) is 20.8 Å². The van der Waals surface area contributed by atoms with Crippen LogP contribution in [0.2, 0.25) is 0 Å². The fraction of sp³-hybridized carbons (Fsp3) is 0.297. The van der Waals surface area contributed by atoms with Crippen LogP contribution in [0.5, 0.6) is 0 Å². The van der Waals surface area contributed by atoms with E-state index in [0.717, 1.165) is 11.1 Å². The molecule has 1 aromatic heterocycles. The van der Waals surface area contributed by atoms with Gasteiger partial charge in [-0.3, -0.25) is 24.2 Å². The van der Waals surface area contributed by atoms with Crippen LogP contribution < -0.4 is 38.4 Å². The molecule has 1 heterocycles. The number of hydrogen-bond acceptors (Lipinski definition) is 7. The van der Waals surface area contributed by atoms with Crippen molar-refractivity contribution in [2.75, 3.05) is 11.9 Å². The van der Waals surface area contributed by atoms with E-state index < -0.39 is 53.3 Å². The van der Waals surface area contributed by atoms with Crippen LogP contribution in [0, 0.1) is 12.8 Å². The van der Waals surface area contributed by atoms with Crippen molar-refractivity contribution in [1.82, 2.24) is 16.0 Å². The molecule has 0 radical (unpaired) electrons. The van der Waals surface area contributed by atoms with Gasteiger partial charge < -0.3 is 37.2 Å². The molecule has 3 atom stereocenters. The molecule has 0 aliphatic carbocycles. The Balaban J connectivity index is 0.00000702. The summed E-state index contributed by atoms with van der Waals surface area (Å²) in [4.78, 5) is 70.1. The first-order valence-corrected chi connectivity index (χ1v) is 16.3. The van der Waals surface area contributed by atoms with E-state index in [2.05, 4.69) is 26.3 Å². The fourth-order valence-corrected chi connectivity index (χ4v) is 5.34. The summed E-state index contributed by atoms with van der Waals surface area (Å²) < 4.78 is 5.31. The molecule has 0 spiro atoms. The zero-order valence-corrected chi connectivity index (χ0v) is 29.5. The van der Waals surface area contributed by atoms with Gasteiger partial charge in [-0.2, -0.15) is 0 Å². The highest BCUT2D eigenvalue weighted by Gasteiger charge is 2.32. The quantitative estimate of drug-likeness (QED) is 0.0464. The van der Waals surface area contributed by atoms with Gasteiger partial charge >= 0.3 is 5.63 Å². The third-order valence-electron chi connectivity index (χ3n) is 7.98. The molecule has 8 N–H and O–H groups in total. The molecule has 13 nitrogen and oxygen atoms in total. The Labute approximate surface area is 302 Å². The molecule has 0 unspecified atom stereocenters. The fourth-order valence-electron chi connectivity index (χ4n) is 5.34. The molecule has 14 heteroatoms. The molecule has 4 amide bonds. The number of amides is 4. The van der Waals surface area contributed by atoms with Crippen LogP contribution in [0.4, 0.5) is 5.69 Å². The Morgan fingerprint density at radius 1 is 0.804 bits per heavy atom.